The zero-order valence-corrected chi connectivity index (χ0v) is 26.0. The number of hydrogen-bond donors (Lipinski definition) is 3. The molecule has 0 bridgehead atoms. The van der Waals surface area contributed by atoms with Gasteiger partial charge in [-0.1, -0.05) is 12.1 Å². The van der Waals surface area contributed by atoms with Gasteiger partial charge in [0.2, 0.25) is 11.5 Å². The first-order chi connectivity index (χ1) is 23.1. The Kier molecular flexibility index (Phi) is 7.35. The van der Waals surface area contributed by atoms with E-state index in [0.717, 1.165) is 25.1 Å². The van der Waals surface area contributed by atoms with Crippen molar-refractivity contribution < 1.29 is 46.1 Å². The Morgan fingerprint density at radius 2 is 1.92 bits per heavy atom. The topological polar surface area (TPSA) is 147 Å². The minimum atomic E-state index is -5.41. The van der Waals surface area contributed by atoms with E-state index >= 15 is 0 Å². The highest BCUT2D eigenvalue weighted by Crippen LogP contribution is 2.48. The monoisotopic (exact) mass is 684 g/mol. The SMILES string of the molecule is COc1cc(C(=O)NC[C@](O)(c2cc3c(c(-c4ccc5ccn(C(F)F)c5c4)n2)OC[C@]3(C)C(N)=O)C(F)(F)F)cc2cn(C3CC3)nc12. The Morgan fingerprint density at radius 3 is 2.57 bits per heavy atom. The normalized spacial score (nSPS) is 18.8. The van der Waals surface area contributed by atoms with Crippen molar-refractivity contribution in [1.29, 1.82) is 0 Å². The fraction of sp³-hybridized carbons (Fsp3) is 0.333. The van der Waals surface area contributed by atoms with Gasteiger partial charge >= 0.3 is 12.7 Å². The summed E-state index contributed by atoms with van der Waals surface area (Å²) in [5.41, 5.74) is -0.547. The number of aliphatic hydroxyl groups is 1. The number of nitrogens with two attached hydrogens (primary N) is 1. The van der Waals surface area contributed by atoms with Crippen molar-refractivity contribution in [3.63, 3.8) is 0 Å². The Morgan fingerprint density at radius 1 is 1.16 bits per heavy atom. The highest BCUT2D eigenvalue weighted by atomic mass is 19.4. The van der Waals surface area contributed by atoms with Crippen LogP contribution in [0.5, 0.6) is 11.5 Å². The molecule has 7 rings (SSSR count). The highest BCUT2D eigenvalue weighted by molar-refractivity contribution is 6.00. The van der Waals surface area contributed by atoms with Crippen molar-refractivity contribution in [1.82, 2.24) is 24.6 Å². The Balaban J connectivity index is 1.31. The van der Waals surface area contributed by atoms with Crippen molar-refractivity contribution in [3.8, 4) is 22.8 Å². The minimum absolute atomic E-state index is 0.0446. The van der Waals surface area contributed by atoms with Crippen LogP contribution in [0, 0.1) is 0 Å². The fourth-order valence-electron chi connectivity index (χ4n) is 6.04. The van der Waals surface area contributed by atoms with Gasteiger partial charge in [0.1, 0.15) is 34.7 Å². The molecule has 0 spiro atoms. The van der Waals surface area contributed by atoms with Gasteiger partial charge in [-0.05, 0) is 55.5 Å². The minimum Gasteiger partial charge on any atom is -0.494 e. The molecule has 4 heterocycles. The number of primary amides is 1. The number of pyridine rings is 1. The number of hydrogen-bond acceptors (Lipinski definition) is 7. The molecule has 2 aromatic carbocycles. The molecule has 1 aliphatic heterocycles. The first-order valence-corrected chi connectivity index (χ1v) is 15.2. The molecule has 4 N–H and O–H groups in total. The molecular weight excluding hydrogens is 655 g/mol. The van der Waals surface area contributed by atoms with E-state index < -0.39 is 47.8 Å². The summed E-state index contributed by atoms with van der Waals surface area (Å²) < 4.78 is 85.8. The third kappa shape index (κ3) is 5.21. The average molecular weight is 685 g/mol. The fourth-order valence-corrected chi connectivity index (χ4v) is 6.04. The number of nitrogens with one attached hydrogen (secondary N) is 1. The molecule has 5 aromatic rings. The Labute approximate surface area is 274 Å². The summed E-state index contributed by atoms with van der Waals surface area (Å²) in [5, 5.41) is 19.1. The van der Waals surface area contributed by atoms with Crippen LogP contribution in [0.3, 0.4) is 0 Å². The quantitative estimate of drug-likeness (QED) is 0.183. The molecule has 0 saturated heterocycles. The molecule has 1 fully saturated rings. The second-order valence-corrected chi connectivity index (χ2v) is 12.5. The van der Waals surface area contributed by atoms with Gasteiger partial charge in [-0.3, -0.25) is 18.8 Å². The van der Waals surface area contributed by atoms with Crippen LogP contribution in [0.1, 0.15) is 54.0 Å². The van der Waals surface area contributed by atoms with E-state index in [1.54, 1.807) is 10.9 Å². The van der Waals surface area contributed by atoms with E-state index in [0.29, 0.717) is 20.9 Å². The molecule has 3 aromatic heterocycles. The number of rotatable bonds is 9. The van der Waals surface area contributed by atoms with Crippen molar-refractivity contribution in [2.45, 2.75) is 49.5 Å². The number of halogens is 5. The van der Waals surface area contributed by atoms with Crippen molar-refractivity contribution in [2.24, 2.45) is 5.73 Å². The number of benzene rings is 2. The lowest BCUT2D eigenvalue weighted by Gasteiger charge is -2.31. The molecule has 1 saturated carbocycles. The Bertz CT molecular complexity index is 2160. The van der Waals surface area contributed by atoms with Crippen molar-refractivity contribution >= 4 is 33.6 Å². The molecule has 1 aliphatic carbocycles. The molecule has 2 aliphatic rings. The number of carbonyl (C=O) groups is 2. The highest BCUT2D eigenvalue weighted by Gasteiger charge is 2.57. The summed E-state index contributed by atoms with van der Waals surface area (Å²) in [6.45, 7) is -3.29. The van der Waals surface area contributed by atoms with E-state index in [1.165, 1.54) is 50.4 Å². The number of nitrogens with zero attached hydrogens (tertiary/aromatic N) is 4. The number of aromatic nitrogens is 4. The van der Waals surface area contributed by atoms with Gasteiger partial charge in [0.25, 0.3) is 5.91 Å². The lowest BCUT2D eigenvalue weighted by molar-refractivity contribution is -0.265. The first-order valence-electron chi connectivity index (χ1n) is 15.2. The molecule has 256 valence electrons. The summed E-state index contributed by atoms with van der Waals surface area (Å²) in [4.78, 5) is 30.1. The average Bonchev–Trinajstić information content (AvgIpc) is 3.52. The van der Waals surface area contributed by atoms with E-state index in [-0.39, 0.29) is 52.0 Å². The summed E-state index contributed by atoms with van der Waals surface area (Å²) in [7, 11) is 1.37. The smallest absolute Gasteiger partial charge is 0.424 e. The number of alkyl halides is 5. The van der Waals surface area contributed by atoms with Crippen LogP contribution >= 0.6 is 0 Å². The van der Waals surface area contributed by atoms with Crippen LogP contribution in [0.4, 0.5) is 22.0 Å². The van der Waals surface area contributed by atoms with Crippen LogP contribution in [-0.2, 0) is 15.8 Å². The molecule has 16 heteroatoms. The van der Waals surface area contributed by atoms with Gasteiger partial charge in [-0.2, -0.15) is 27.1 Å². The molecule has 2 atom stereocenters. The van der Waals surface area contributed by atoms with Crippen LogP contribution in [0.25, 0.3) is 33.1 Å². The van der Waals surface area contributed by atoms with Gasteiger partial charge in [0.15, 0.2) is 0 Å². The number of carbonyl (C=O) groups excluding carboxylic acids is 2. The molecule has 0 radical (unpaired) electrons. The predicted octanol–water partition coefficient (Wildman–Crippen LogP) is 5.11. The second-order valence-electron chi connectivity index (χ2n) is 12.5. The summed E-state index contributed by atoms with van der Waals surface area (Å²) in [6, 6.07) is 9.54. The molecule has 49 heavy (non-hydrogen) atoms. The number of amides is 2. The van der Waals surface area contributed by atoms with Crippen molar-refractivity contribution in [2.75, 3.05) is 20.3 Å². The van der Waals surface area contributed by atoms with Gasteiger partial charge in [-0.15, -0.1) is 0 Å². The number of methoxy groups -OCH3 is 1. The van der Waals surface area contributed by atoms with E-state index in [2.05, 4.69) is 15.4 Å². The third-order valence-corrected chi connectivity index (χ3v) is 9.22. The van der Waals surface area contributed by atoms with Gasteiger partial charge in [-0.25, -0.2) is 4.98 Å². The van der Waals surface area contributed by atoms with Crippen molar-refractivity contribution in [3.05, 3.63) is 71.7 Å². The van der Waals surface area contributed by atoms with E-state index in [1.807, 2.05) is 0 Å². The van der Waals surface area contributed by atoms with Crippen LogP contribution in [0.15, 0.2) is 54.9 Å². The van der Waals surface area contributed by atoms with Crippen LogP contribution in [-0.4, -0.2) is 62.7 Å². The summed E-state index contributed by atoms with van der Waals surface area (Å²) in [5.74, 6) is -1.74. The summed E-state index contributed by atoms with van der Waals surface area (Å²) in [6.07, 6.45) is -0.641. The first kappa shape index (κ1) is 32.3. The zero-order chi connectivity index (χ0) is 35.0. The van der Waals surface area contributed by atoms with E-state index in [4.69, 9.17) is 15.2 Å². The maximum Gasteiger partial charge on any atom is 0.424 e. The maximum atomic E-state index is 14.9. The predicted molar refractivity (Wildman–Crippen MR) is 165 cm³/mol. The second kappa shape index (κ2) is 11.1. The number of ether oxygens (including phenoxy) is 2. The number of fused-ring (bicyclic) bond motifs is 3. The van der Waals surface area contributed by atoms with E-state index in [9.17, 15) is 36.6 Å². The lowest BCUT2D eigenvalue weighted by Crippen LogP contribution is -2.51. The zero-order valence-electron chi connectivity index (χ0n) is 26.0. The molecule has 2 amide bonds. The van der Waals surface area contributed by atoms with Gasteiger partial charge in [0, 0.05) is 34.5 Å². The van der Waals surface area contributed by atoms with Gasteiger partial charge < -0.3 is 25.6 Å². The lowest BCUT2D eigenvalue weighted by atomic mass is 9.81. The molecule has 0 unspecified atom stereocenters. The third-order valence-electron chi connectivity index (χ3n) is 9.22. The van der Waals surface area contributed by atoms with Crippen LogP contribution in [0.2, 0.25) is 0 Å². The van der Waals surface area contributed by atoms with Gasteiger partial charge in [0.05, 0.1) is 30.9 Å². The van der Waals surface area contributed by atoms with Crippen LogP contribution < -0.4 is 20.5 Å². The standard InChI is InChI=1S/C33H29F5N6O5/c1-31(29(39)46)15-49-27-21(31)12-24(41-26(27)17-4-3-16-7-8-43(30(34)35)22(16)10-17)32(47,33(36,37)38)14-40-28(45)18-9-19-13-44(20-5-6-20)42-25(19)23(11-18)48-2/h3-4,7-13,20,30,47H,5-6,14-15H2,1-2H3,(H2,39,46)(H,40,45)/t31-,32-/m0/s1. The maximum absolute atomic E-state index is 14.9. The summed E-state index contributed by atoms with van der Waals surface area (Å²) >= 11 is 0. The Hall–Kier alpha value is -5.25. The molecular formula is C33H29F5N6O5. The molecule has 11 nitrogen and oxygen atoms in total. The largest absolute Gasteiger partial charge is 0.494 e.